The van der Waals surface area contributed by atoms with Crippen LogP contribution in [0.15, 0.2) is 54.6 Å². The summed E-state index contributed by atoms with van der Waals surface area (Å²) in [6, 6.07) is 16.4. The quantitative estimate of drug-likeness (QED) is 0.807. The fourth-order valence-electron chi connectivity index (χ4n) is 3.44. The van der Waals surface area contributed by atoms with Crippen LogP contribution in [0.2, 0.25) is 0 Å². The van der Waals surface area contributed by atoms with Gasteiger partial charge >= 0.3 is 0 Å². The number of rotatable bonds is 5. The van der Waals surface area contributed by atoms with E-state index in [1.165, 1.54) is 0 Å². The molecule has 150 valence electrons. The average Bonchev–Trinajstić information content (AvgIpc) is 2.76. The number of nitrogens with two attached hydrogens (primary N) is 1. The van der Waals surface area contributed by atoms with E-state index >= 15 is 0 Å². The molecule has 7 nitrogen and oxygen atoms in total. The molecule has 0 aromatic heterocycles. The van der Waals surface area contributed by atoms with Crippen LogP contribution in [0, 0.1) is 0 Å². The number of hydrogen-bond donors (Lipinski definition) is 2. The van der Waals surface area contributed by atoms with Gasteiger partial charge in [0, 0.05) is 5.56 Å². The van der Waals surface area contributed by atoms with Crippen LogP contribution >= 0.6 is 0 Å². The smallest absolute Gasteiger partial charge is 0.184 e. The van der Waals surface area contributed by atoms with E-state index in [1.807, 2.05) is 54.6 Å². The third kappa shape index (κ3) is 4.05. The molecule has 4 rings (SSSR count). The van der Waals surface area contributed by atoms with Gasteiger partial charge in [-0.3, -0.25) is 0 Å². The fourth-order valence-corrected chi connectivity index (χ4v) is 3.44. The minimum absolute atomic E-state index is 0.288. The summed E-state index contributed by atoms with van der Waals surface area (Å²) >= 11 is 0. The van der Waals surface area contributed by atoms with E-state index < -0.39 is 36.9 Å². The third-order valence-corrected chi connectivity index (χ3v) is 5.06. The van der Waals surface area contributed by atoms with Crippen LogP contribution in [-0.4, -0.2) is 49.5 Å². The number of aliphatic hydroxyl groups excluding tert-OH is 1. The predicted molar refractivity (Wildman–Crippen MR) is 100 cm³/mol. The number of hydrogen-bond acceptors (Lipinski definition) is 7. The second-order valence-electron chi connectivity index (χ2n) is 6.95. The summed E-state index contributed by atoms with van der Waals surface area (Å²) in [5, 5.41) is 10.7. The molecular weight excluding hydrogens is 362 g/mol. The van der Waals surface area contributed by atoms with E-state index in [9.17, 15) is 5.11 Å². The number of aliphatic hydroxyl groups is 1. The van der Waals surface area contributed by atoms with Crippen molar-refractivity contribution < 1.29 is 28.8 Å². The van der Waals surface area contributed by atoms with Gasteiger partial charge in [-0.25, -0.2) is 0 Å². The highest BCUT2D eigenvalue weighted by molar-refractivity contribution is 5.26. The molecule has 6 atom stereocenters. The van der Waals surface area contributed by atoms with Gasteiger partial charge in [0.25, 0.3) is 0 Å². The minimum atomic E-state index is -0.922. The maximum absolute atomic E-state index is 10.7. The molecule has 0 aliphatic carbocycles. The van der Waals surface area contributed by atoms with Crippen LogP contribution in [0.25, 0.3) is 0 Å². The van der Waals surface area contributed by atoms with Crippen LogP contribution in [0.1, 0.15) is 17.4 Å². The Morgan fingerprint density at radius 1 is 1.07 bits per heavy atom. The van der Waals surface area contributed by atoms with Gasteiger partial charge in [-0.2, -0.15) is 0 Å². The lowest BCUT2D eigenvalue weighted by molar-refractivity contribution is -0.343. The Bertz CT molecular complexity index is 753. The van der Waals surface area contributed by atoms with Crippen LogP contribution in [0.4, 0.5) is 0 Å². The third-order valence-electron chi connectivity index (χ3n) is 5.06. The zero-order valence-electron chi connectivity index (χ0n) is 15.6. The highest BCUT2D eigenvalue weighted by atomic mass is 16.7. The summed E-state index contributed by atoms with van der Waals surface area (Å²) in [7, 11) is 1.62. The minimum Gasteiger partial charge on any atom is -0.497 e. The summed E-state index contributed by atoms with van der Waals surface area (Å²) < 4.78 is 28.7. The standard InChI is InChI=1S/C21H25NO6/c1-24-15-9-7-13(8-10-15)11-25-21-17(22)18(23)19-16(27-21)12-26-20(28-19)14-5-3-2-4-6-14/h2-10,16-21,23H,11-12,22H2,1H3/t16-,17-,18-,19-,20-,21-/m1/s1. The molecule has 0 spiro atoms. The monoisotopic (exact) mass is 387 g/mol. The highest BCUT2D eigenvalue weighted by Crippen LogP contribution is 2.34. The number of methoxy groups -OCH3 is 1. The average molecular weight is 387 g/mol. The summed E-state index contributed by atoms with van der Waals surface area (Å²) in [4.78, 5) is 0. The van der Waals surface area contributed by atoms with Crippen molar-refractivity contribution in [3.05, 3.63) is 65.7 Å². The number of ether oxygens (including phenoxy) is 5. The molecule has 0 bridgehead atoms. The van der Waals surface area contributed by atoms with Gasteiger partial charge < -0.3 is 34.5 Å². The molecule has 2 fully saturated rings. The van der Waals surface area contributed by atoms with Gasteiger partial charge in [-0.05, 0) is 17.7 Å². The molecule has 7 heteroatoms. The zero-order valence-corrected chi connectivity index (χ0v) is 15.6. The highest BCUT2D eigenvalue weighted by Gasteiger charge is 2.48. The van der Waals surface area contributed by atoms with Gasteiger partial charge in [-0.15, -0.1) is 0 Å². The molecule has 0 amide bonds. The summed E-state index contributed by atoms with van der Waals surface area (Å²) in [5.74, 6) is 0.775. The summed E-state index contributed by atoms with van der Waals surface area (Å²) in [6.07, 6.45) is -3.25. The van der Waals surface area contributed by atoms with Crippen molar-refractivity contribution in [3.8, 4) is 5.75 Å². The topological polar surface area (TPSA) is 92.4 Å². The van der Waals surface area contributed by atoms with Crippen molar-refractivity contribution in [2.45, 2.75) is 43.5 Å². The van der Waals surface area contributed by atoms with Crippen molar-refractivity contribution in [2.24, 2.45) is 5.73 Å². The van der Waals surface area contributed by atoms with Crippen LogP contribution in [-0.2, 0) is 25.6 Å². The normalized spacial score (nSPS) is 32.5. The lowest BCUT2D eigenvalue weighted by Gasteiger charge is -2.46. The number of benzene rings is 2. The first-order chi connectivity index (χ1) is 13.7. The van der Waals surface area contributed by atoms with Crippen molar-refractivity contribution in [2.75, 3.05) is 13.7 Å². The van der Waals surface area contributed by atoms with E-state index in [2.05, 4.69) is 0 Å². The van der Waals surface area contributed by atoms with Gasteiger partial charge in [0.05, 0.1) is 26.4 Å². The van der Waals surface area contributed by atoms with E-state index in [0.29, 0.717) is 6.61 Å². The molecule has 2 aliphatic rings. The molecule has 0 unspecified atom stereocenters. The fraction of sp³-hybridized carbons (Fsp3) is 0.429. The van der Waals surface area contributed by atoms with Gasteiger partial charge in [0.1, 0.15) is 24.1 Å². The van der Waals surface area contributed by atoms with Crippen molar-refractivity contribution in [1.82, 2.24) is 0 Å². The molecule has 2 saturated heterocycles. The van der Waals surface area contributed by atoms with Crippen LogP contribution in [0.5, 0.6) is 5.75 Å². The molecule has 2 heterocycles. The summed E-state index contributed by atoms with van der Waals surface area (Å²) in [6.45, 7) is 0.594. The molecule has 0 radical (unpaired) electrons. The Balaban J connectivity index is 1.37. The first-order valence-corrected chi connectivity index (χ1v) is 9.31. The lowest BCUT2D eigenvalue weighted by atomic mass is 9.96. The Kier molecular flexibility index (Phi) is 5.91. The molecule has 2 aliphatic heterocycles. The molecule has 28 heavy (non-hydrogen) atoms. The number of fused-ring (bicyclic) bond motifs is 1. The van der Waals surface area contributed by atoms with Gasteiger partial charge in [0.15, 0.2) is 12.6 Å². The Morgan fingerprint density at radius 3 is 2.54 bits per heavy atom. The molecule has 3 N–H and O–H groups in total. The Hall–Kier alpha value is -2.00. The predicted octanol–water partition coefficient (Wildman–Crippen LogP) is 1.74. The second kappa shape index (κ2) is 8.57. The van der Waals surface area contributed by atoms with E-state index in [0.717, 1.165) is 16.9 Å². The maximum Gasteiger partial charge on any atom is 0.184 e. The largest absolute Gasteiger partial charge is 0.497 e. The van der Waals surface area contributed by atoms with Gasteiger partial charge in [0.2, 0.25) is 0 Å². The van der Waals surface area contributed by atoms with Crippen LogP contribution < -0.4 is 10.5 Å². The van der Waals surface area contributed by atoms with E-state index in [-0.39, 0.29) is 6.61 Å². The zero-order chi connectivity index (χ0) is 19.5. The first kappa shape index (κ1) is 19.3. The van der Waals surface area contributed by atoms with Crippen molar-refractivity contribution >= 4 is 0 Å². The van der Waals surface area contributed by atoms with Crippen molar-refractivity contribution in [1.29, 1.82) is 0 Å². The second-order valence-corrected chi connectivity index (χ2v) is 6.95. The lowest BCUT2D eigenvalue weighted by Crippen LogP contribution is -2.64. The van der Waals surface area contributed by atoms with Crippen molar-refractivity contribution in [3.63, 3.8) is 0 Å². The molecular formula is C21H25NO6. The molecule has 2 aromatic rings. The molecule has 2 aromatic carbocycles. The SMILES string of the molecule is COc1ccc(CO[C@@H]2O[C@@H]3CO[C@@H](c4ccccc4)O[C@H]3[C@H](O)[C@H]2N)cc1. The Morgan fingerprint density at radius 2 is 1.82 bits per heavy atom. The maximum atomic E-state index is 10.7. The van der Waals surface area contributed by atoms with E-state index in [4.69, 9.17) is 29.4 Å². The van der Waals surface area contributed by atoms with Gasteiger partial charge in [-0.1, -0.05) is 42.5 Å². The first-order valence-electron chi connectivity index (χ1n) is 9.31. The summed E-state index contributed by atoms with van der Waals surface area (Å²) in [5.41, 5.74) is 8.02. The Labute approximate surface area is 163 Å². The van der Waals surface area contributed by atoms with E-state index in [1.54, 1.807) is 7.11 Å². The van der Waals surface area contributed by atoms with Crippen LogP contribution in [0.3, 0.4) is 0 Å². The molecule has 0 saturated carbocycles.